The first-order valence-corrected chi connectivity index (χ1v) is 7.34. The molecule has 1 aromatic rings. The van der Waals surface area contributed by atoms with E-state index >= 15 is 0 Å². The molecule has 0 radical (unpaired) electrons. The molecule has 2 rings (SSSR count). The molecule has 4 heteroatoms. The van der Waals surface area contributed by atoms with Gasteiger partial charge < -0.3 is 15.7 Å². The molecule has 1 heterocycles. The quantitative estimate of drug-likeness (QED) is 0.813. The van der Waals surface area contributed by atoms with E-state index in [1.165, 1.54) is 0 Å². The molecule has 0 spiro atoms. The van der Waals surface area contributed by atoms with Crippen LogP contribution in [0.4, 0.5) is 11.4 Å². The first-order chi connectivity index (χ1) is 9.32. The lowest BCUT2D eigenvalue weighted by atomic mass is 10.0. The highest BCUT2D eigenvalue weighted by atomic mass is 16.3. The Balaban J connectivity index is 2.19. The lowest BCUT2D eigenvalue weighted by molar-refractivity contribution is 0.112. The number of aliphatic hydroxyl groups excluding tert-OH is 1. The van der Waals surface area contributed by atoms with Crippen molar-refractivity contribution in [2.45, 2.75) is 45.9 Å². The number of rotatable bonds is 2. The van der Waals surface area contributed by atoms with Gasteiger partial charge in [0.25, 0.3) is 0 Å². The summed E-state index contributed by atoms with van der Waals surface area (Å²) in [6.07, 6.45) is 0. The zero-order valence-electron chi connectivity index (χ0n) is 13.1. The minimum Gasteiger partial charge on any atom is -0.399 e. The first kappa shape index (κ1) is 15.1. The second-order valence-corrected chi connectivity index (χ2v) is 6.71. The van der Waals surface area contributed by atoms with Gasteiger partial charge in [0, 0.05) is 48.2 Å². The zero-order chi connectivity index (χ0) is 14.9. The van der Waals surface area contributed by atoms with Crippen molar-refractivity contribution in [3.05, 3.63) is 23.8 Å². The predicted octanol–water partition coefficient (Wildman–Crippen LogP) is 2.07. The molecular formula is C16H27N3O. The summed E-state index contributed by atoms with van der Waals surface area (Å²) in [4.78, 5) is 4.90. The zero-order valence-corrected chi connectivity index (χ0v) is 13.1. The normalized spacial score (nSPS) is 21.2. The molecule has 20 heavy (non-hydrogen) atoms. The molecule has 4 nitrogen and oxygen atoms in total. The van der Waals surface area contributed by atoms with Crippen LogP contribution in [0.1, 0.15) is 33.3 Å². The van der Waals surface area contributed by atoms with Crippen molar-refractivity contribution < 1.29 is 5.11 Å². The van der Waals surface area contributed by atoms with Crippen molar-refractivity contribution in [3.8, 4) is 0 Å². The van der Waals surface area contributed by atoms with Crippen molar-refractivity contribution in [2.75, 3.05) is 30.3 Å². The minimum absolute atomic E-state index is 0.0343. The third kappa shape index (κ3) is 3.07. The fourth-order valence-corrected chi connectivity index (χ4v) is 2.94. The van der Waals surface area contributed by atoms with Crippen molar-refractivity contribution in [2.24, 2.45) is 0 Å². The topological polar surface area (TPSA) is 52.7 Å². The third-order valence-corrected chi connectivity index (χ3v) is 4.16. The predicted molar refractivity (Wildman–Crippen MR) is 84.9 cm³/mol. The van der Waals surface area contributed by atoms with Gasteiger partial charge >= 0.3 is 0 Å². The highest BCUT2D eigenvalue weighted by Gasteiger charge is 2.30. The van der Waals surface area contributed by atoms with Crippen molar-refractivity contribution in [3.63, 3.8) is 0 Å². The van der Waals surface area contributed by atoms with E-state index in [4.69, 9.17) is 5.73 Å². The number of nitrogens with two attached hydrogens (primary N) is 1. The van der Waals surface area contributed by atoms with Crippen molar-refractivity contribution >= 4 is 11.4 Å². The summed E-state index contributed by atoms with van der Waals surface area (Å²) < 4.78 is 0. The van der Waals surface area contributed by atoms with Crippen LogP contribution in [0.2, 0.25) is 0 Å². The molecule has 0 bridgehead atoms. The summed E-state index contributed by atoms with van der Waals surface area (Å²) >= 11 is 0. The lowest BCUT2D eigenvalue weighted by Crippen LogP contribution is -2.57. The summed E-state index contributed by atoms with van der Waals surface area (Å²) in [6.45, 7) is 12.1. The fourth-order valence-electron chi connectivity index (χ4n) is 2.94. The van der Waals surface area contributed by atoms with Gasteiger partial charge in [-0.3, -0.25) is 4.90 Å². The molecule has 1 aliphatic heterocycles. The maximum absolute atomic E-state index is 9.55. The molecular weight excluding hydrogens is 250 g/mol. The van der Waals surface area contributed by atoms with Gasteiger partial charge in [0.2, 0.25) is 0 Å². The number of anilines is 2. The lowest BCUT2D eigenvalue weighted by Gasteiger charge is -2.47. The Morgan fingerprint density at radius 2 is 2.00 bits per heavy atom. The molecule has 0 aromatic heterocycles. The van der Waals surface area contributed by atoms with E-state index in [-0.39, 0.29) is 12.1 Å². The molecule has 0 aliphatic carbocycles. The van der Waals surface area contributed by atoms with E-state index in [2.05, 4.69) is 37.5 Å². The molecule has 1 fully saturated rings. The summed E-state index contributed by atoms with van der Waals surface area (Å²) in [6, 6.07) is 6.25. The van der Waals surface area contributed by atoms with Crippen LogP contribution >= 0.6 is 0 Å². The second-order valence-electron chi connectivity index (χ2n) is 6.71. The maximum Gasteiger partial charge on any atom is 0.0702 e. The van der Waals surface area contributed by atoms with Gasteiger partial charge in [-0.25, -0.2) is 0 Å². The minimum atomic E-state index is 0.0343. The van der Waals surface area contributed by atoms with Crippen LogP contribution in [0.25, 0.3) is 0 Å². The van der Waals surface area contributed by atoms with Crippen molar-refractivity contribution in [1.82, 2.24) is 4.90 Å². The number of hydrogen-bond acceptors (Lipinski definition) is 4. The first-order valence-electron chi connectivity index (χ1n) is 7.34. The van der Waals surface area contributed by atoms with Crippen LogP contribution in [-0.2, 0) is 6.61 Å². The molecule has 1 unspecified atom stereocenters. The van der Waals surface area contributed by atoms with Crippen LogP contribution in [0, 0.1) is 0 Å². The van der Waals surface area contributed by atoms with Crippen LogP contribution < -0.4 is 10.6 Å². The Labute approximate surface area is 122 Å². The monoisotopic (exact) mass is 277 g/mol. The van der Waals surface area contributed by atoms with Gasteiger partial charge in [0.05, 0.1) is 6.61 Å². The van der Waals surface area contributed by atoms with Gasteiger partial charge in [-0.05, 0) is 45.9 Å². The van der Waals surface area contributed by atoms with Crippen molar-refractivity contribution in [1.29, 1.82) is 0 Å². The summed E-state index contributed by atoms with van der Waals surface area (Å²) in [7, 11) is 0. The Morgan fingerprint density at radius 1 is 1.30 bits per heavy atom. The van der Waals surface area contributed by atoms with E-state index in [1.54, 1.807) is 0 Å². The summed E-state index contributed by atoms with van der Waals surface area (Å²) in [5.41, 5.74) is 8.76. The maximum atomic E-state index is 9.55. The number of hydrogen-bond donors (Lipinski definition) is 2. The van der Waals surface area contributed by atoms with Gasteiger partial charge in [0.1, 0.15) is 0 Å². The number of nitrogens with zero attached hydrogens (tertiary/aromatic N) is 2. The molecule has 1 atom stereocenters. The van der Waals surface area contributed by atoms with E-state index in [0.29, 0.717) is 11.7 Å². The molecule has 0 saturated carbocycles. The summed E-state index contributed by atoms with van der Waals surface area (Å²) in [5, 5.41) is 9.55. The molecule has 0 amide bonds. The highest BCUT2D eigenvalue weighted by molar-refractivity contribution is 5.60. The van der Waals surface area contributed by atoms with Gasteiger partial charge in [-0.2, -0.15) is 0 Å². The van der Waals surface area contributed by atoms with Crippen LogP contribution in [0.15, 0.2) is 18.2 Å². The third-order valence-electron chi connectivity index (χ3n) is 4.16. The standard InChI is InChI=1S/C16H27N3O/c1-12-10-18(16(2,3)4)7-8-19(12)15-6-5-14(17)9-13(15)11-20/h5-6,9,12,20H,7-8,10-11,17H2,1-4H3. The largest absolute Gasteiger partial charge is 0.399 e. The van der Waals surface area contributed by atoms with Gasteiger partial charge in [-0.15, -0.1) is 0 Å². The average Bonchev–Trinajstić information content (AvgIpc) is 2.38. The number of nitrogen functional groups attached to an aromatic ring is 1. The smallest absolute Gasteiger partial charge is 0.0702 e. The second kappa shape index (κ2) is 5.62. The number of aliphatic hydroxyl groups is 1. The molecule has 1 saturated heterocycles. The van der Waals surface area contributed by atoms with Crippen LogP contribution in [-0.4, -0.2) is 41.2 Å². The van der Waals surface area contributed by atoms with E-state index in [9.17, 15) is 5.11 Å². The average molecular weight is 277 g/mol. The van der Waals surface area contributed by atoms with Crippen LogP contribution in [0.5, 0.6) is 0 Å². The van der Waals surface area contributed by atoms with Gasteiger partial charge in [-0.1, -0.05) is 0 Å². The Morgan fingerprint density at radius 3 is 2.55 bits per heavy atom. The van der Waals surface area contributed by atoms with E-state index in [1.807, 2.05) is 18.2 Å². The van der Waals surface area contributed by atoms with Crippen LogP contribution in [0.3, 0.4) is 0 Å². The SMILES string of the molecule is CC1CN(C(C)(C)C)CCN1c1ccc(N)cc1CO. The molecule has 3 N–H and O–H groups in total. The van der Waals surface area contributed by atoms with E-state index in [0.717, 1.165) is 30.9 Å². The highest BCUT2D eigenvalue weighted by Crippen LogP contribution is 2.28. The van der Waals surface area contributed by atoms with E-state index < -0.39 is 0 Å². The number of benzene rings is 1. The molecule has 112 valence electrons. The molecule has 1 aromatic carbocycles. The fraction of sp³-hybridized carbons (Fsp3) is 0.625. The molecule has 1 aliphatic rings. The number of piperazine rings is 1. The Bertz CT molecular complexity index is 467. The Kier molecular flexibility index (Phi) is 4.25. The Hall–Kier alpha value is -1.26. The summed E-state index contributed by atoms with van der Waals surface area (Å²) in [5.74, 6) is 0. The van der Waals surface area contributed by atoms with Gasteiger partial charge in [0.15, 0.2) is 0 Å².